The lowest BCUT2D eigenvalue weighted by Gasteiger charge is -2.12. The third kappa shape index (κ3) is 2.18. The standard InChI is InChI=1S/C10H18N4O/c1-8-12-13-10(9-4-2-7-15-9)14(8)6-3-5-11/h9H,2-7,11H2,1H3. The van der Waals surface area contributed by atoms with Crippen LogP contribution in [0.3, 0.4) is 0 Å². The van der Waals surface area contributed by atoms with E-state index in [0.29, 0.717) is 6.54 Å². The van der Waals surface area contributed by atoms with Crippen molar-refractivity contribution < 1.29 is 4.74 Å². The molecule has 1 atom stereocenters. The molecule has 1 unspecified atom stereocenters. The Hall–Kier alpha value is -0.940. The highest BCUT2D eigenvalue weighted by atomic mass is 16.5. The molecule has 5 heteroatoms. The molecular weight excluding hydrogens is 192 g/mol. The Kier molecular flexibility index (Phi) is 3.33. The Bertz CT molecular complexity index is 317. The Balaban J connectivity index is 2.14. The van der Waals surface area contributed by atoms with Crippen LogP contribution in [0, 0.1) is 6.92 Å². The zero-order chi connectivity index (χ0) is 10.7. The number of hydrogen-bond donors (Lipinski definition) is 1. The molecule has 1 aliphatic rings. The van der Waals surface area contributed by atoms with Crippen molar-refractivity contribution >= 4 is 0 Å². The summed E-state index contributed by atoms with van der Waals surface area (Å²) in [5.41, 5.74) is 5.51. The highest BCUT2D eigenvalue weighted by Crippen LogP contribution is 2.27. The van der Waals surface area contributed by atoms with E-state index in [-0.39, 0.29) is 6.10 Å². The average molecular weight is 210 g/mol. The molecule has 2 rings (SSSR count). The van der Waals surface area contributed by atoms with Gasteiger partial charge in [0.15, 0.2) is 5.82 Å². The van der Waals surface area contributed by atoms with Crippen LogP contribution >= 0.6 is 0 Å². The second kappa shape index (κ2) is 4.72. The van der Waals surface area contributed by atoms with Crippen LogP contribution in [0.1, 0.15) is 37.0 Å². The van der Waals surface area contributed by atoms with Crippen molar-refractivity contribution in [3.8, 4) is 0 Å². The molecule has 0 amide bonds. The molecule has 84 valence electrons. The Morgan fingerprint density at radius 3 is 3.07 bits per heavy atom. The quantitative estimate of drug-likeness (QED) is 0.797. The molecule has 1 aromatic heterocycles. The number of aryl methyl sites for hydroxylation is 1. The minimum Gasteiger partial charge on any atom is -0.370 e. The van der Waals surface area contributed by atoms with Crippen LogP contribution in [-0.2, 0) is 11.3 Å². The van der Waals surface area contributed by atoms with E-state index in [2.05, 4.69) is 14.8 Å². The molecule has 0 radical (unpaired) electrons. The first-order valence-corrected chi connectivity index (χ1v) is 5.54. The van der Waals surface area contributed by atoms with Crippen LogP contribution < -0.4 is 5.73 Å². The third-order valence-electron chi connectivity index (χ3n) is 2.77. The smallest absolute Gasteiger partial charge is 0.162 e. The van der Waals surface area contributed by atoms with E-state index in [1.165, 1.54) is 0 Å². The van der Waals surface area contributed by atoms with Crippen molar-refractivity contribution in [2.75, 3.05) is 13.2 Å². The second-order valence-electron chi connectivity index (χ2n) is 3.90. The monoisotopic (exact) mass is 210 g/mol. The van der Waals surface area contributed by atoms with Gasteiger partial charge < -0.3 is 15.0 Å². The van der Waals surface area contributed by atoms with Gasteiger partial charge in [0.1, 0.15) is 11.9 Å². The van der Waals surface area contributed by atoms with Crippen molar-refractivity contribution in [1.82, 2.24) is 14.8 Å². The summed E-state index contributed by atoms with van der Waals surface area (Å²) in [6.45, 7) is 4.41. The van der Waals surface area contributed by atoms with Crippen LogP contribution in [0.4, 0.5) is 0 Å². The van der Waals surface area contributed by atoms with Crippen LogP contribution in [0.2, 0.25) is 0 Å². The van der Waals surface area contributed by atoms with E-state index in [1.54, 1.807) is 0 Å². The maximum absolute atomic E-state index is 5.62. The molecular formula is C10H18N4O. The average Bonchev–Trinajstić information content (AvgIpc) is 2.84. The molecule has 0 saturated carbocycles. The van der Waals surface area contributed by atoms with Gasteiger partial charge in [-0.15, -0.1) is 10.2 Å². The fraction of sp³-hybridized carbons (Fsp3) is 0.800. The second-order valence-corrected chi connectivity index (χ2v) is 3.90. The Labute approximate surface area is 89.6 Å². The van der Waals surface area contributed by atoms with Gasteiger partial charge >= 0.3 is 0 Å². The number of nitrogens with two attached hydrogens (primary N) is 1. The fourth-order valence-electron chi connectivity index (χ4n) is 1.94. The first-order chi connectivity index (χ1) is 7.33. The van der Waals surface area contributed by atoms with Crippen LogP contribution in [0.5, 0.6) is 0 Å². The normalized spacial score (nSPS) is 21.1. The lowest BCUT2D eigenvalue weighted by Crippen LogP contribution is -2.12. The summed E-state index contributed by atoms with van der Waals surface area (Å²) < 4.78 is 7.75. The molecule has 2 heterocycles. The number of rotatable bonds is 4. The highest BCUT2D eigenvalue weighted by molar-refractivity contribution is 4.99. The highest BCUT2D eigenvalue weighted by Gasteiger charge is 2.23. The Morgan fingerprint density at radius 1 is 1.53 bits per heavy atom. The summed E-state index contributed by atoms with van der Waals surface area (Å²) in [4.78, 5) is 0. The third-order valence-corrected chi connectivity index (χ3v) is 2.77. The maximum atomic E-state index is 5.62. The van der Waals surface area contributed by atoms with Crippen molar-refractivity contribution in [2.24, 2.45) is 5.73 Å². The van der Waals surface area contributed by atoms with Gasteiger partial charge in [-0.2, -0.15) is 0 Å². The summed E-state index contributed by atoms with van der Waals surface area (Å²) in [5.74, 6) is 1.92. The zero-order valence-corrected chi connectivity index (χ0v) is 9.15. The van der Waals surface area contributed by atoms with Crippen LogP contribution in [-0.4, -0.2) is 27.9 Å². The summed E-state index contributed by atoms with van der Waals surface area (Å²) in [7, 11) is 0. The minimum atomic E-state index is 0.143. The van der Waals surface area contributed by atoms with Gasteiger partial charge in [0.05, 0.1) is 0 Å². The largest absolute Gasteiger partial charge is 0.370 e. The number of aromatic nitrogens is 3. The molecule has 0 bridgehead atoms. The fourth-order valence-corrected chi connectivity index (χ4v) is 1.94. The Morgan fingerprint density at radius 2 is 2.40 bits per heavy atom. The first-order valence-electron chi connectivity index (χ1n) is 5.54. The SMILES string of the molecule is Cc1nnc(C2CCCO2)n1CCCN. The van der Waals surface area contributed by atoms with E-state index in [4.69, 9.17) is 10.5 Å². The van der Waals surface area contributed by atoms with Crippen molar-refractivity contribution in [3.63, 3.8) is 0 Å². The number of hydrogen-bond acceptors (Lipinski definition) is 4. The summed E-state index contributed by atoms with van der Waals surface area (Å²) in [6, 6.07) is 0. The zero-order valence-electron chi connectivity index (χ0n) is 9.15. The van der Waals surface area contributed by atoms with Crippen LogP contribution in [0.25, 0.3) is 0 Å². The minimum absolute atomic E-state index is 0.143. The van der Waals surface area contributed by atoms with E-state index in [1.807, 2.05) is 6.92 Å². The predicted octanol–water partition coefficient (Wildman–Crippen LogP) is 0.787. The van der Waals surface area contributed by atoms with Gasteiger partial charge in [-0.25, -0.2) is 0 Å². The molecule has 0 spiro atoms. The lowest BCUT2D eigenvalue weighted by atomic mass is 10.2. The van der Waals surface area contributed by atoms with Crippen molar-refractivity contribution in [2.45, 2.75) is 38.8 Å². The molecule has 0 aromatic carbocycles. The molecule has 5 nitrogen and oxygen atoms in total. The lowest BCUT2D eigenvalue weighted by molar-refractivity contribution is 0.101. The van der Waals surface area contributed by atoms with E-state index in [9.17, 15) is 0 Å². The molecule has 1 aromatic rings. The van der Waals surface area contributed by atoms with Crippen molar-refractivity contribution in [3.05, 3.63) is 11.6 Å². The molecule has 1 saturated heterocycles. The van der Waals surface area contributed by atoms with E-state index in [0.717, 1.165) is 44.1 Å². The van der Waals surface area contributed by atoms with Gasteiger partial charge in [0, 0.05) is 13.2 Å². The summed E-state index contributed by atoms with van der Waals surface area (Å²) >= 11 is 0. The topological polar surface area (TPSA) is 66.0 Å². The maximum Gasteiger partial charge on any atom is 0.162 e. The number of nitrogens with zero attached hydrogens (tertiary/aromatic N) is 3. The van der Waals surface area contributed by atoms with E-state index >= 15 is 0 Å². The molecule has 15 heavy (non-hydrogen) atoms. The summed E-state index contributed by atoms with van der Waals surface area (Å²) in [6.07, 6.45) is 3.27. The summed E-state index contributed by atoms with van der Waals surface area (Å²) in [5, 5.41) is 8.30. The van der Waals surface area contributed by atoms with Gasteiger partial charge in [0.2, 0.25) is 0 Å². The number of ether oxygens (including phenoxy) is 1. The van der Waals surface area contributed by atoms with Crippen LogP contribution in [0.15, 0.2) is 0 Å². The predicted molar refractivity (Wildman–Crippen MR) is 56.4 cm³/mol. The molecule has 2 N–H and O–H groups in total. The van der Waals surface area contributed by atoms with Gasteiger partial charge in [0.25, 0.3) is 0 Å². The van der Waals surface area contributed by atoms with Gasteiger partial charge in [-0.1, -0.05) is 0 Å². The first kappa shape index (κ1) is 10.6. The molecule has 1 aliphatic heterocycles. The van der Waals surface area contributed by atoms with Gasteiger partial charge in [-0.3, -0.25) is 0 Å². The molecule has 1 fully saturated rings. The van der Waals surface area contributed by atoms with E-state index < -0.39 is 0 Å². The van der Waals surface area contributed by atoms with Gasteiger partial charge in [-0.05, 0) is 32.7 Å². The van der Waals surface area contributed by atoms with Crippen molar-refractivity contribution in [1.29, 1.82) is 0 Å². The molecule has 0 aliphatic carbocycles.